The highest BCUT2D eigenvalue weighted by Crippen LogP contribution is 2.34. The summed E-state index contributed by atoms with van der Waals surface area (Å²) in [7, 11) is 1.50. The molecule has 0 saturated heterocycles. The summed E-state index contributed by atoms with van der Waals surface area (Å²) < 4.78 is 10.4. The van der Waals surface area contributed by atoms with Crippen molar-refractivity contribution in [2.45, 2.75) is 13.3 Å². The van der Waals surface area contributed by atoms with Gasteiger partial charge in [-0.05, 0) is 18.6 Å². The number of hydrogen-bond donors (Lipinski definition) is 3. The van der Waals surface area contributed by atoms with E-state index in [2.05, 4.69) is 17.6 Å². The largest absolute Gasteiger partial charge is 0.506 e. The fraction of sp³-hybridized carbons (Fsp3) is 0.462. The fourth-order valence-corrected chi connectivity index (χ4v) is 1.90. The van der Waals surface area contributed by atoms with E-state index in [0.717, 1.165) is 13.0 Å². The van der Waals surface area contributed by atoms with E-state index in [1.165, 1.54) is 13.2 Å². The molecule has 0 unspecified atom stereocenters. The lowest BCUT2D eigenvalue weighted by Gasteiger charge is -2.13. The summed E-state index contributed by atoms with van der Waals surface area (Å²) >= 11 is 11.0. The zero-order chi connectivity index (χ0) is 15.0. The average Bonchev–Trinajstić information content (AvgIpc) is 2.41. The van der Waals surface area contributed by atoms with Crippen molar-refractivity contribution in [3.05, 3.63) is 17.2 Å². The minimum Gasteiger partial charge on any atom is -0.506 e. The summed E-state index contributed by atoms with van der Waals surface area (Å²) in [4.78, 5) is 0. The molecule has 0 aliphatic rings. The van der Waals surface area contributed by atoms with E-state index < -0.39 is 0 Å². The Balaban J connectivity index is 2.49. The van der Waals surface area contributed by atoms with Gasteiger partial charge in [0.05, 0.1) is 24.4 Å². The van der Waals surface area contributed by atoms with Gasteiger partial charge in [0.25, 0.3) is 0 Å². The molecule has 0 spiro atoms. The molecule has 1 rings (SSSR count). The number of anilines is 1. The zero-order valence-corrected chi connectivity index (χ0v) is 13.1. The maximum Gasteiger partial charge on any atom is 0.170 e. The van der Waals surface area contributed by atoms with Gasteiger partial charge in [-0.1, -0.05) is 18.5 Å². The minimum absolute atomic E-state index is 0.00202. The molecule has 0 atom stereocenters. The number of halogens is 1. The van der Waals surface area contributed by atoms with E-state index in [-0.39, 0.29) is 5.75 Å². The highest BCUT2D eigenvalue weighted by Gasteiger charge is 2.09. The van der Waals surface area contributed by atoms with Crippen LogP contribution >= 0.6 is 23.8 Å². The molecule has 7 heteroatoms. The molecule has 0 heterocycles. The number of phenolic OH excluding ortho intramolecular Hbond substituents is 1. The van der Waals surface area contributed by atoms with Crippen LogP contribution in [0.25, 0.3) is 0 Å². The van der Waals surface area contributed by atoms with Gasteiger partial charge in [0, 0.05) is 25.3 Å². The van der Waals surface area contributed by atoms with Crippen molar-refractivity contribution in [2.24, 2.45) is 0 Å². The first-order valence-electron chi connectivity index (χ1n) is 6.27. The van der Waals surface area contributed by atoms with Crippen LogP contribution in [0.5, 0.6) is 11.5 Å². The molecule has 0 aromatic heterocycles. The molecule has 1 aromatic rings. The molecule has 0 saturated carbocycles. The number of rotatable bonds is 7. The third-order valence-electron chi connectivity index (χ3n) is 2.40. The van der Waals surface area contributed by atoms with Crippen LogP contribution in [0.4, 0.5) is 5.69 Å². The van der Waals surface area contributed by atoms with E-state index in [0.29, 0.717) is 34.7 Å². The minimum atomic E-state index is 0.00202. The topological polar surface area (TPSA) is 62.8 Å². The van der Waals surface area contributed by atoms with Gasteiger partial charge in [0.1, 0.15) is 11.5 Å². The SMILES string of the molecule is CCCOCCNC(=S)Nc1cc(OC)c(Cl)cc1O. The molecule has 0 amide bonds. The quantitative estimate of drug-likeness (QED) is 0.408. The van der Waals surface area contributed by atoms with Gasteiger partial charge in [-0.15, -0.1) is 0 Å². The Morgan fingerprint density at radius 3 is 2.80 bits per heavy atom. The standard InChI is InChI=1S/C13H19ClN2O3S/c1-3-5-19-6-4-15-13(20)16-10-8-12(18-2)9(14)7-11(10)17/h7-8,17H,3-6H2,1-2H3,(H2,15,16,20). The van der Waals surface area contributed by atoms with Crippen LogP contribution in [0.15, 0.2) is 12.1 Å². The van der Waals surface area contributed by atoms with Crippen molar-refractivity contribution in [3.8, 4) is 11.5 Å². The summed E-state index contributed by atoms with van der Waals surface area (Å²) in [5.74, 6) is 0.461. The van der Waals surface area contributed by atoms with Crippen molar-refractivity contribution in [1.29, 1.82) is 0 Å². The lowest BCUT2D eigenvalue weighted by atomic mass is 10.2. The average molecular weight is 319 g/mol. The monoisotopic (exact) mass is 318 g/mol. The summed E-state index contributed by atoms with van der Waals surface area (Å²) in [5, 5.41) is 16.4. The first-order valence-corrected chi connectivity index (χ1v) is 7.06. The molecule has 0 bridgehead atoms. The normalized spacial score (nSPS) is 10.2. The maximum atomic E-state index is 9.79. The zero-order valence-electron chi connectivity index (χ0n) is 11.5. The lowest BCUT2D eigenvalue weighted by molar-refractivity contribution is 0.139. The smallest absolute Gasteiger partial charge is 0.170 e. The molecule has 5 nitrogen and oxygen atoms in total. The van der Waals surface area contributed by atoms with Crippen LogP contribution in [0.1, 0.15) is 13.3 Å². The van der Waals surface area contributed by atoms with Crippen molar-refractivity contribution >= 4 is 34.6 Å². The van der Waals surface area contributed by atoms with Gasteiger partial charge >= 0.3 is 0 Å². The fourth-order valence-electron chi connectivity index (χ4n) is 1.45. The van der Waals surface area contributed by atoms with E-state index in [1.54, 1.807) is 6.07 Å². The first kappa shape index (κ1) is 16.8. The van der Waals surface area contributed by atoms with Gasteiger partial charge in [-0.25, -0.2) is 0 Å². The maximum absolute atomic E-state index is 9.79. The number of methoxy groups -OCH3 is 1. The Kier molecular flexibility index (Phi) is 7.43. The predicted octanol–water partition coefficient (Wildman–Crippen LogP) is 2.77. The second-order valence-electron chi connectivity index (χ2n) is 4.00. The molecular weight excluding hydrogens is 300 g/mol. The highest BCUT2D eigenvalue weighted by molar-refractivity contribution is 7.80. The number of aromatic hydroxyl groups is 1. The van der Waals surface area contributed by atoms with Gasteiger partial charge < -0.3 is 25.2 Å². The Bertz CT molecular complexity index is 457. The highest BCUT2D eigenvalue weighted by atomic mass is 35.5. The molecule has 3 N–H and O–H groups in total. The lowest BCUT2D eigenvalue weighted by Crippen LogP contribution is -2.31. The van der Waals surface area contributed by atoms with Crippen LogP contribution in [0.3, 0.4) is 0 Å². The van der Waals surface area contributed by atoms with Crippen molar-refractivity contribution in [2.75, 3.05) is 32.2 Å². The second-order valence-corrected chi connectivity index (χ2v) is 4.81. The Hall–Kier alpha value is -1.24. The molecule has 1 aromatic carbocycles. The van der Waals surface area contributed by atoms with Crippen LogP contribution in [-0.2, 0) is 4.74 Å². The van der Waals surface area contributed by atoms with E-state index in [9.17, 15) is 5.11 Å². The number of benzene rings is 1. The number of hydrogen-bond acceptors (Lipinski definition) is 4. The van der Waals surface area contributed by atoms with E-state index in [4.69, 9.17) is 33.3 Å². The molecule has 0 radical (unpaired) electrons. The van der Waals surface area contributed by atoms with E-state index >= 15 is 0 Å². The Morgan fingerprint density at radius 2 is 2.15 bits per heavy atom. The van der Waals surface area contributed by atoms with Gasteiger partial charge in [-0.3, -0.25) is 0 Å². The number of phenols is 1. The van der Waals surface area contributed by atoms with Gasteiger partial charge in [0.2, 0.25) is 0 Å². The molecule has 112 valence electrons. The van der Waals surface area contributed by atoms with Gasteiger partial charge in [0.15, 0.2) is 5.11 Å². The third-order valence-corrected chi connectivity index (χ3v) is 2.94. The molecule has 0 aliphatic heterocycles. The van der Waals surface area contributed by atoms with Crippen molar-refractivity contribution in [1.82, 2.24) is 5.32 Å². The van der Waals surface area contributed by atoms with Crippen LogP contribution in [0, 0.1) is 0 Å². The summed E-state index contributed by atoms with van der Waals surface area (Å²) in [5.41, 5.74) is 0.429. The third kappa shape index (κ3) is 5.40. The number of nitrogens with one attached hydrogen (secondary N) is 2. The summed E-state index contributed by atoms with van der Waals surface area (Å²) in [6.07, 6.45) is 0.987. The second kappa shape index (κ2) is 8.84. The number of ether oxygens (including phenoxy) is 2. The predicted molar refractivity (Wildman–Crippen MR) is 85.0 cm³/mol. The Labute approximate surface area is 129 Å². The molecule has 0 fully saturated rings. The van der Waals surface area contributed by atoms with Crippen molar-refractivity contribution < 1.29 is 14.6 Å². The molecular formula is C13H19ClN2O3S. The first-order chi connectivity index (χ1) is 9.58. The van der Waals surface area contributed by atoms with Crippen LogP contribution in [-0.4, -0.2) is 37.1 Å². The molecule has 0 aliphatic carbocycles. The number of thiocarbonyl (C=S) groups is 1. The van der Waals surface area contributed by atoms with E-state index in [1.807, 2.05) is 0 Å². The van der Waals surface area contributed by atoms with Crippen LogP contribution < -0.4 is 15.4 Å². The Morgan fingerprint density at radius 1 is 1.40 bits per heavy atom. The summed E-state index contributed by atoms with van der Waals surface area (Å²) in [6, 6.07) is 2.98. The van der Waals surface area contributed by atoms with Crippen molar-refractivity contribution in [3.63, 3.8) is 0 Å². The van der Waals surface area contributed by atoms with Gasteiger partial charge in [-0.2, -0.15) is 0 Å². The summed E-state index contributed by atoms with van der Waals surface area (Å²) in [6.45, 7) is 3.95. The van der Waals surface area contributed by atoms with Crippen LogP contribution in [0.2, 0.25) is 5.02 Å². The molecule has 20 heavy (non-hydrogen) atoms.